The Kier molecular flexibility index (Phi) is 6.81. The van der Waals surface area contributed by atoms with E-state index in [1.54, 1.807) is 0 Å². The molecule has 0 atom stereocenters. The zero-order valence-corrected chi connectivity index (χ0v) is 15.5. The molecule has 0 saturated carbocycles. The van der Waals surface area contributed by atoms with Crippen molar-refractivity contribution in [1.82, 2.24) is 10.2 Å². The fourth-order valence-electron chi connectivity index (χ4n) is 3.24. The summed E-state index contributed by atoms with van der Waals surface area (Å²) in [6.07, 6.45) is 1.94. The number of rotatable bonds is 7. The van der Waals surface area contributed by atoms with E-state index in [2.05, 4.69) is 53.5 Å². The number of benzene rings is 2. The molecule has 26 heavy (non-hydrogen) atoms. The van der Waals surface area contributed by atoms with Crippen LogP contribution in [-0.4, -0.2) is 43.7 Å². The predicted octanol–water partition coefficient (Wildman–Crippen LogP) is 3.19. The fraction of sp³-hybridized carbons (Fsp3) is 0.409. The molecule has 0 unspecified atom stereocenters. The summed E-state index contributed by atoms with van der Waals surface area (Å²) in [4.78, 5) is 14.7. The summed E-state index contributed by atoms with van der Waals surface area (Å²) in [7, 11) is 0. The van der Waals surface area contributed by atoms with Crippen LogP contribution >= 0.6 is 0 Å². The van der Waals surface area contributed by atoms with E-state index >= 15 is 0 Å². The Morgan fingerprint density at radius 3 is 2.58 bits per heavy atom. The Labute approximate surface area is 156 Å². The quantitative estimate of drug-likeness (QED) is 0.778. The highest BCUT2D eigenvalue weighted by atomic mass is 16.5. The zero-order chi connectivity index (χ0) is 18.2. The molecule has 1 amide bonds. The lowest BCUT2D eigenvalue weighted by atomic mass is 10.1. The first-order valence-electron chi connectivity index (χ1n) is 9.43. The Bertz CT molecular complexity index is 706. The molecular formula is C22H28N2O2. The van der Waals surface area contributed by atoms with Gasteiger partial charge in [0.2, 0.25) is 0 Å². The maximum Gasteiger partial charge on any atom is 0.251 e. The standard InChI is InChI=1S/C22H28N2O2/c1-18-4-2-5-19(16-18)6-3-11-23-22(25)21-9-7-20(8-10-21)17-24-12-14-26-15-13-24/h2,4-5,7-10,16H,3,6,11-15,17H2,1H3,(H,23,25). The van der Waals surface area contributed by atoms with Gasteiger partial charge in [0, 0.05) is 31.7 Å². The lowest BCUT2D eigenvalue weighted by Crippen LogP contribution is -2.35. The Balaban J connectivity index is 1.41. The molecule has 0 bridgehead atoms. The number of morpholine rings is 1. The highest BCUT2D eigenvalue weighted by Gasteiger charge is 2.11. The van der Waals surface area contributed by atoms with E-state index in [0.29, 0.717) is 6.54 Å². The molecule has 2 aromatic rings. The molecule has 4 nitrogen and oxygen atoms in total. The number of aryl methyl sites for hydroxylation is 2. The number of nitrogens with zero attached hydrogens (tertiary/aromatic N) is 1. The average Bonchev–Trinajstić information content (AvgIpc) is 2.66. The third kappa shape index (κ3) is 5.68. The number of hydrogen-bond donors (Lipinski definition) is 1. The van der Waals surface area contributed by atoms with E-state index in [0.717, 1.165) is 51.3 Å². The van der Waals surface area contributed by atoms with Crippen molar-refractivity contribution in [3.8, 4) is 0 Å². The molecule has 1 aliphatic heterocycles. The molecule has 1 N–H and O–H groups in total. The van der Waals surface area contributed by atoms with Gasteiger partial charge in [-0.3, -0.25) is 9.69 Å². The molecule has 1 heterocycles. The molecule has 4 heteroatoms. The summed E-state index contributed by atoms with van der Waals surface area (Å²) in [6.45, 7) is 7.29. The van der Waals surface area contributed by atoms with Crippen molar-refractivity contribution in [2.45, 2.75) is 26.3 Å². The van der Waals surface area contributed by atoms with Crippen molar-refractivity contribution in [3.05, 3.63) is 70.8 Å². The highest BCUT2D eigenvalue weighted by Crippen LogP contribution is 2.10. The third-order valence-corrected chi connectivity index (χ3v) is 4.74. The van der Waals surface area contributed by atoms with Crippen LogP contribution < -0.4 is 5.32 Å². The molecule has 3 rings (SSSR count). The van der Waals surface area contributed by atoms with Crippen molar-refractivity contribution >= 4 is 5.91 Å². The number of amides is 1. The minimum absolute atomic E-state index is 0.00663. The molecule has 0 aliphatic carbocycles. The van der Waals surface area contributed by atoms with Gasteiger partial charge in [0.1, 0.15) is 0 Å². The summed E-state index contributed by atoms with van der Waals surface area (Å²) >= 11 is 0. The first-order chi connectivity index (χ1) is 12.7. The van der Waals surface area contributed by atoms with Crippen LogP contribution in [0, 0.1) is 6.92 Å². The third-order valence-electron chi connectivity index (χ3n) is 4.74. The molecule has 1 aliphatic rings. The number of hydrogen-bond acceptors (Lipinski definition) is 3. The fourth-order valence-corrected chi connectivity index (χ4v) is 3.24. The normalized spacial score (nSPS) is 15.0. The van der Waals surface area contributed by atoms with Gasteiger partial charge in [0.05, 0.1) is 13.2 Å². The van der Waals surface area contributed by atoms with Crippen molar-refractivity contribution in [1.29, 1.82) is 0 Å². The number of ether oxygens (including phenoxy) is 1. The van der Waals surface area contributed by atoms with Crippen LogP contribution in [0.15, 0.2) is 48.5 Å². The van der Waals surface area contributed by atoms with Crippen LogP contribution in [0.1, 0.15) is 33.5 Å². The molecule has 0 aromatic heterocycles. The second-order valence-electron chi connectivity index (χ2n) is 6.93. The SMILES string of the molecule is Cc1cccc(CCCNC(=O)c2ccc(CN3CCOCC3)cc2)c1. The monoisotopic (exact) mass is 352 g/mol. The van der Waals surface area contributed by atoms with Crippen molar-refractivity contribution in [2.24, 2.45) is 0 Å². The van der Waals surface area contributed by atoms with Gasteiger partial charge in [0.25, 0.3) is 5.91 Å². The van der Waals surface area contributed by atoms with Crippen molar-refractivity contribution < 1.29 is 9.53 Å². The first-order valence-corrected chi connectivity index (χ1v) is 9.43. The molecule has 0 spiro atoms. The van der Waals surface area contributed by atoms with Crippen LogP contribution in [0.25, 0.3) is 0 Å². The highest BCUT2D eigenvalue weighted by molar-refractivity contribution is 5.94. The molecule has 1 saturated heterocycles. The van der Waals surface area contributed by atoms with Gasteiger partial charge in [0.15, 0.2) is 0 Å². The van der Waals surface area contributed by atoms with Gasteiger partial charge in [-0.05, 0) is 43.0 Å². The Hall–Kier alpha value is -2.17. The topological polar surface area (TPSA) is 41.6 Å². The van der Waals surface area contributed by atoms with E-state index in [1.165, 1.54) is 16.7 Å². The van der Waals surface area contributed by atoms with E-state index in [1.807, 2.05) is 12.1 Å². The van der Waals surface area contributed by atoms with Crippen LogP contribution in [0.3, 0.4) is 0 Å². The van der Waals surface area contributed by atoms with Gasteiger partial charge in [-0.2, -0.15) is 0 Å². The molecule has 1 fully saturated rings. The first kappa shape index (κ1) is 18.6. The molecule has 138 valence electrons. The molecule has 0 radical (unpaired) electrons. The van der Waals surface area contributed by atoms with Crippen molar-refractivity contribution in [3.63, 3.8) is 0 Å². The summed E-state index contributed by atoms with van der Waals surface area (Å²) in [5.74, 6) is 0.00663. The van der Waals surface area contributed by atoms with E-state index in [4.69, 9.17) is 4.74 Å². The summed E-state index contributed by atoms with van der Waals surface area (Å²) in [5.41, 5.74) is 4.57. The van der Waals surface area contributed by atoms with Crippen LogP contribution in [0.4, 0.5) is 0 Å². The Morgan fingerprint density at radius 2 is 1.85 bits per heavy atom. The van der Waals surface area contributed by atoms with E-state index < -0.39 is 0 Å². The van der Waals surface area contributed by atoms with Gasteiger partial charge in [-0.15, -0.1) is 0 Å². The van der Waals surface area contributed by atoms with Gasteiger partial charge >= 0.3 is 0 Å². The van der Waals surface area contributed by atoms with Crippen LogP contribution in [0.5, 0.6) is 0 Å². The maximum atomic E-state index is 12.3. The predicted molar refractivity (Wildman–Crippen MR) is 104 cm³/mol. The lowest BCUT2D eigenvalue weighted by molar-refractivity contribution is 0.0342. The lowest BCUT2D eigenvalue weighted by Gasteiger charge is -2.26. The van der Waals surface area contributed by atoms with Gasteiger partial charge < -0.3 is 10.1 Å². The van der Waals surface area contributed by atoms with Gasteiger partial charge in [-0.25, -0.2) is 0 Å². The van der Waals surface area contributed by atoms with Crippen LogP contribution in [0.2, 0.25) is 0 Å². The van der Waals surface area contributed by atoms with Crippen LogP contribution in [-0.2, 0) is 17.7 Å². The molecular weight excluding hydrogens is 324 g/mol. The van der Waals surface area contributed by atoms with Gasteiger partial charge in [-0.1, -0.05) is 42.0 Å². The summed E-state index contributed by atoms with van der Waals surface area (Å²) in [5, 5.41) is 3.02. The smallest absolute Gasteiger partial charge is 0.251 e. The Morgan fingerprint density at radius 1 is 1.08 bits per heavy atom. The van der Waals surface area contributed by atoms with E-state index in [-0.39, 0.29) is 5.91 Å². The number of carbonyl (C=O) groups is 1. The molecule has 2 aromatic carbocycles. The minimum atomic E-state index is 0.00663. The second kappa shape index (κ2) is 9.51. The largest absolute Gasteiger partial charge is 0.379 e. The number of nitrogens with one attached hydrogen (secondary N) is 1. The minimum Gasteiger partial charge on any atom is -0.379 e. The van der Waals surface area contributed by atoms with E-state index in [9.17, 15) is 4.79 Å². The second-order valence-corrected chi connectivity index (χ2v) is 6.93. The average molecular weight is 352 g/mol. The summed E-state index contributed by atoms with van der Waals surface area (Å²) in [6, 6.07) is 16.5. The van der Waals surface area contributed by atoms with Crippen molar-refractivity contribution in [2.75, 3.05) is 32.8 Å². The summed E-state index contributed by atoms with van der Waals surface area (Å²) < 4.78 is 5.37. The maximum absolute atomic E-state index is 12.3. The zero-order valence-electron chi connectivity index (χ0n) is 15.5. The number of carbonyl (C=O) groups excluding carboxylic acids is 1.